The summed E-state index contributed by atoms with van der Waals surface area (Å²) in [5.74, 6) is 1.66. The molecule has 0 aliphatic rings. The second-order valence-corrected chi connectivity index (χ2v) is 5.57. The molecule has 134 valence electrons. The van der Waals surface area contributed by atoms with Crippen LogP contribution in [-0.4, -0.2) is 52.8 Å². The first-order valence-corrected chi connectivity index (χ1v) is 7.89. The molecule has 0 amide bonds. The Morgan fingerprint density at radius 2 is 1.81 bits per heavy atom. The van der Waals surface area contributed by atoms with Gasteiger partial charge in [0.2, 0.25) is 23.5 Å². The van der Waals surface area contributed by atoms with Gasteiger partial charge in [0.15, 0.2) is 28.2 Å². The van der Waals surface area contributed by atoms with Gasteiger partial charge in [-0.15, -0.1) is 0 Å². The first kappa shape index (κ1) is 16.0. The van der Waals surface area contributed by atoms with Gasteiger partial charge in [0.05, 0.1) is 20.0 Å². The van der Waals surface area contributed by atoms with Gasteiger partial charge in [0.25, 0.3) is 0 Å². The summed E-state index contributed by atoms with van der Waals surface area (Å²) in [4.78, 5) is 26.2. The van der Waals surface area contributed by atoms with Crippen LogP contribution < -0.4 is 15.2 Å². The van der Waals surface area contributed by atoms with Crippen molar-refractivity contribution in [3.05, 3.63) is 6.33 Å². The molecular weight excluding hydrogens is 338 g/mol. The zero-order chi connectivity index (χ0) is 18.4. The number of rotatable bonds is 4. The van der Waals surface area contributed by atoms with Gasteiger partial charge < -0.3 is 24.3 Å². The molecule has 0 saturated heterocycles. The predicted octanol–water partition coefficient (Wildman–Crippen LogP) is 0.696. The number of hydrogen-bond acceptors (Lipinski definition) is 9. The maximum Gasteiger partial charge on any atom is 0.247 e. The van der Waals surface area contributed by atoms with Crippen molar-refractivity contribution in [1.82, 2.24) is 39.0 Å². The molecule has 0 spiro atoms. The van der Waals surface area contributed by atoms with Crippen molar-refractivity contribution in [2.45, 2.75) is 6.92 Å². The van der Waals surface area contributed by atoms with Crippen LogP contribution in [-0.2, 0) is 14.1 Å². The Hall–Kier alpha value is -3.50. The van der Waals surface area contributed by atoms with Crippen LogP contribution in [0.5, 0.6) is 11.8 Å². The summed E-state index contributed by atoms with van der Waals surface area (Å²) in [6.07, 6.45) is 1.65. The fourth-order valence-electron chi connectivity index (χ4n) is 2.71. The van der Waals surface area contributed by atoms with Crippen molar-refractivity contribution < 1.29 is 9.47 Å². The number of nitrogens with two attached hydrogens (primary N) is 1. The molecule has 26 heavy (non-hydrogen) atoms. The molecule has 0 radical (unpaired) electrons. The molecule has 0 aliphatic heterocycles. The van der Waals surface area contributed by atoms with Crippen molar-refractivity contribution >= 4 is 28.3 Å². The van der Waals surface area contributed by atoms with Crippen LogP contribution >= 0.6 is 0 Å². The van der Waals surface area contributed by atoms with E-state index in [-0.39, 0.29) is 5.95 Å². The van der Waals surface area contributed by atoms with Crippen LogP contribution in [0.3, 0.4) is 0 Å². The summed E-state index contributed by atoms with van der Waals surface area (Å²) in [5, 5.41) is 0. The largest absolute Gasteiger partial charge is 0.479 e. The molecule has 0 fully saturated rings. The first-order chi connectivity index (χ1) is 12.5. The highest BCUT2D eigenvalue weighted by molar-refractivity contribution is 5.83. The highest BCUT2D eigenvalue weighted by Crippen LogP contribution is 2.29. The summed E-state index contributed by atoms with van der Waals surface area (Å²) in [5.41, 5.74) is 8.03. The van der Waals surface area contributed by atoms with Gasteiger partial charge in [-0.25, -0.2) is 15.0 Å². The van der Waals surface area contributed by atoms with Crippen LogP contribution in [0.1, 0.15) is 6.92 Å². The first-order valence-electron chi connectivity index (χ1n) is 7.89. The van der Waals surface area contributed by atoms with Gasteiger partial charge in [-0.3, -0.25) is 0 Å². The summed E-state index contributed by atoms with van der Waals surface area (Å²) in [6, 6.07) is 0. The van der Waals surface area contributed by atoms with Crippen LogP contribution in [0, 0.1) is 0 Å². The van der Waals surface area contributed by atoms with E-state index >= 15 is 0 Å². The van der Waals surface area contributed by atoms with E-state index in [0.29, 0.717) is 52.3 Å². The number of fused-ring (bicyclic) bond motifs is 2. The van der Waals surface area contributed by atoms with E-state index in [1.165, 1.54) is 7.11 Å². The molecule has 4 rings (SSSR count). The van der Waals surface area contributed by atoms with Gasteiger partial charge in [-0.2, -0.15) is 15.0 Å². The lowest BCUT2D eigenvalue weighted by Crippen LogP contribution is -2.03. The van der Waals surface area contributed by atoms with E-state index in [1.807, 2.05) is 14.0 Å². The van der Waals surface area contributed by atoms with E-state index in [4.69, 9.17) is 15.2 Å². The van der Waals surface area contributed by atoms with E-state index in [0.717, 1.165) is 0 Å². The Kier molecular flexibility index (Phi) is 3.56. The lowest BCUT2D eigenvalue weighted by Gasteiger charge is -2.05. The number of imidazole rings is 2. The number of anilines is 1. The lowest BCUT2D eigenvalue weighted by atomic mass is 10.4. The molecule has 0 aromatic carbocycles. The van der Waals surface area contributed by atoms with Gasteiger partial charge >= 0.3 is 0 Å². The van der Waals surface area contributed by atoms with Crippen LogP contribution in [0.15, 0.2) is 6.33 Å². The van der Waals surface area contributed by atoms with Gasteiger partial charge in [-0.1, -0.05) is 0 Å². The summed E-state index contributed by atoms with van der Waals surface area (Å²) < 4.78 is 14.4. The minimum Gasteiger partial charge on any atom is -0.479 e. The minimum absolute atomic E-state index is 0.107. The monoisotopic (exact) mass is 355 g/mol. The van der Waals surface area contributed by atoms with Crippen molar-refractivity contribution in [2.24, 2.45) is 14.1 Å². The molecule has 11 heteroatoms. The van der Waals surface area contributed by atoms with Crippen LogP contribution in [0.25, 0.3) is 34.0 Å². The third-order valence-electron chi connectivity index (χ3n) is 3.91. The Morgan fingerprint density at radius 3 is 2.54 bits per heavy atom. The van der Waals surface area contributed by atoms with Crippen molar-refractivity contribution in [1.29, 1.82) is 0 Å². The molecule has 0 saturated carbocycles. The SMILES string of the molecule is CCOc1nc(N)nc2c1nc(-c1nc(OC)c3ncn(C)c3n1)n2C. The van der Waals surface area contributed by atoms with E-state index in [1.54, 1.807) is 22.5 Å². The van der Waals surface area contributed by atoms with E-state index in [2.05, 4.69) is 29.9 Å². The Balaban J connectivity index is 2.00. The number of ether oxygens (including phenoxy) is 2. The summed E-state index contributed by atoms with van der Waals surface area (Å²) in [6.45, 7) is 2.29. The molecule has 4 aromatic rings. The molecule has 2 N–H and O–H groups in total. The number of aromatic nitrogens is 8. The second kappa shape index (κ2) is 5.79. The third-order valence-corrected chi connectivity index (χ3v) is 3.91. The fraction of sp³-hybridized carbons (Fsp3) is 0.333. The maximum absolute atomic E-state index is 5.79. The molecule has 0 bridgehead atoms. The molecule has 0 aliphatic carbocycles. The van der Waals surface area contributed by atoms with Crippen molar-refractivity contribution in [3.63, 3.8) is 0 Å². The number of hydrogen-bond donors (Lipinski definition) is 1. The smallest absolute Gasteiger partial charge is 0.247 e. The lowest BCUT2D eigenvalue weighted by molar-refractivity contribution is 0.331. The normalized spacial score (nSPS) is 11.4. The Labute approximate surface area is 147 Å². The van der Waals surface area contributed by atoms with Crippen LogP contribution in [0.2, 0.25) is 0 Å². The highest BCUT2D eigenvalue weighted by Gasteiger charge is 2.21. The number of nitrogen functional groups attached to an aromatic ring is 1. The van der Waals surface area contributed by atoms with Gasteiger partial charge in [0, 0.05) is 14.1 Å². The zero-order valence-corrected chi connectivity index (χ0v) is 14.8. The minimum atomic E-state index is 0.107. The molecular formula is C15H17N9O2. The number of aryl methyl sites for hydroxylation is 2. The van der Waals surface area contributed by atoms with Crippen molar-refractivity contribution in [3.8, 4) is 23.4 Å². The molecule has 0 atom stereocenters. The number of methoxy groups -OCH3 is 1. The predicted molar refractivity (Wildman–Crippen MR) is 93.7 cm³/mol. The highest BCUT2D eigenvalue weighted by atomic mass is 16.5. The second-order valence-electron chi connectivity index (χ2n) is 5.57. The molecule has 11 nitrogen and oxygen atoms in total. The molecule has 0 unspecified atom stereocenters. The maximum atomic E-state index is 5.79. The van der Waals surface area contributed by atoms with Crippen LogP contribution in [0.4, 0.5) is 5.95 Å². The third kappa shape index (κ3) is 2.28. The number of nitrogens with zero attached hydrogens (tertiary/aromatic N) is 8. The topological polar surface area (TPSA) is 132 Å². The van der Waals surface area contributed by atoms with E-state index < -0.39 is 0 Å². The standard InChI is InChI=1S/C15H17N9O2/c1-5-26-14-8-11(21-15(16)22-14)24(3)12(18-8)9-19-10-7(13(20-9)25-4)17-6-23(10)2/h6H,5H2,1-4H3,(H2,16,21,22). The van der Waals surface area contributed by atoms with Gasteiger partial charge in [0.1, 0.15) is 0 Å². The quantitative estimate of drug-likeness (QED) is 0.561. The Morgan fingerprint density at radius 1 is 1.00 bits per heavy atom. The Bertz CT molecular complexity index is 1130. The zero-order valence-electron chi connectivity index (χ0n) is 14.8. The average Bonchev–Trinajstić information content (AvgIpc) is 3.16. The fourth-order valence-corrected chi connectivity index (χ4v) is 2.71. The van der Waals surface area contributed by atoms with Crippen molar-refractivity contribution in [2.75, 3.05) is 19.5 Å². The van der Waals surface area contributed by atoms with Gasteiger partial charge in [-0.05, 0) is 6.92 Å². The molecule has 4 heterocycles. The summed E-state index contributed by atoms with van der Waals surface area (Å²) in [7, 11) is 5.18. The summed E-state index contributed by atoms with van der Waals surface area (Å²) >= 11 is 0. The average molecular weight is 355 g/mol. The van der Waals surface area contributed by atoms with E-state index in [9.17, 15) is 0 Å². The molecule has 4 aromatic heterocycles.